The first-order valence-corrected chi connectivity index (χ1v) is 10.9. The molecule has 166 valence electrons. The standard InChI is InChI=1S/C25H20FN3O3S/c1-16-2-8-19(9-3-16)27-23(30)15-32-21-12-4-17(5-13-21)14-22-24(31)29-25(33-22)28-20-10-6-18(26)7-11-20/h2-14H,15H2,1H3,(H,27,30)(H,28,29,31)/b22-14+. The summed E-state index contributed by atoms with van der Waals surface area (Å²) in [5.41, 5.74) is 3.18. The Hall–Kier alpha value is -3.91. The molecule has 2 N–H and O–H groups in total. The van der Waals surface area contributed by atoms with Gasteiger partial charge < -0.3 is 15.4 Å². The van der Waals surface area contributed by atoms with Gasteiger partial charge in [0.15, 0.2) is 11.8 Å². The number of carbonyl (C=O) groups excluding carboxylic acids is 2. The molecule has 1 fully saturated rings. The van der Waals surface area contributed by atoms with Crippen molar-refractivity contribution in [3.8, 4) is 5.75 Å². The molecule has 1 heterocycles. The predicted molar refractivity (Wildman–Crippen MR) is 129 cm³/mol. The maximum absolute atomic E-state index is 13.0. The van der Waals surface area contributed by atoms with Crippen LogP contribution in [0.25, 0.3) is 6.08 Å². The van der Waals surface area contributed by atoms with Crippen molar-refractivity contribution in [2.75, 3.05) is 11.9 Å². The molecule has 4 rings (SSSR count). The molecule has 0 saturated carbocycles. The minimum absolute atomic E-state index is 0.115. The number of nitrogens with zero attached hydrogens (tertiary/aromatic N) is 1. The Balaban J connectivity index is 1.33. The summed E-state index contributed by atoms with van der Waals surface area (Å²) < 4.78 is 18.6. The molecule has 2 amide bonds. The second kappa shape index (κ2) is 10.1. The van der Waals surface area contributed by atoms with E-state index in [1.807, 2.05) is 31.2 Å². The van der Waals surface area contributed by atoms with Gasteiger partial charge in [0, 0.05) is 5.69 Å². The third kappa shape index (κ3) is 6.30. The quantitative estimate of drug-likeness (QED) is 0.504. The number of hydrogen-bond acceptors (Lipinski definition) is 5. The van der Waals surface area contributed by atoms with Crippen LogP contribution in [0, 0.1) is 12.7 Å². The third-order valence-corrected chi connectivity index (χ3v) is 5.50. The lowest BCUT2D eigenvalue weighted by Crippen LogP contribution is -2.20. The minimum Gasteiger partial charge on any atom is -0.484 e. The Morgan fingerprint density at radius 3 is 2.45 bits per heavy atom. The lowest BCUT2D eigenvalue weighted by molar-refractivity contribution is -0.118. The Bertz CT molecular complexity index is 1220. The molecule has 3 aromatic rings. The molecule has 3 aromatic carbocycles. The van der Waals surface area contributed by atoms with Gasteiger partial charge in [-0.15, -0.1) is 0 Å². The normalized spacial score (nSPS) is 15.5. The van der Waals surface area contributed by atoms with Crippen LogP contribution in [0.3, 0.4) is 0 Å². The van der Waals surface area contributed by atoms with Crippen LogP contribution in [-0.4, -0.2) is 23.6 Å². The summed E-state index contributed by atoms with van der Waals surface area (Å²) in [6.07, 6.45) is 1.74. The number of aryl methyl sites for hydroxylation is 1. The average molecular weight is 462 g/mol. The molecule has 6 nitrogen and oxygen atoms in total. The van der Waals surface area contributed by atoms with Gasteiger partial charge in [-0.05, 0) is 78.9 Å². The van der Waals surface area contributed by atoms with Crippen molar-refractivity contribution in [2.24, 2.45) is 4.99 Å². The summed E-state index contributed by atoms with van der Waals surface area (Å²) in [7, 11) is 0. The maximum Gasteiger partial charge on any atom is 0.264 e. The molecule has 1 aliphatic rings. The van der Waals surface area contributed by atoms with Gasteiger partial charge in [-0.2, -0.15) is 0 Å². The number of aliphatic imine (C=N–C) groups is 1. The summed E-state index contributed by atoms with van der Waals surface area (Å²) in [4.78, 5) is 29.1. The highest BCUT2D eigenvalue weighted by Crippen LogP contribution is 2.28. The van der Waals surface area contributed by atoms with Crippen LogP contribution in [0.4, 0.5) is 15.8 Å². The monoisotopic (exact) mass is 461 g/mol. The van der Waals surface area contributed by atoms with Gasteiger partial charge in [0.25, 0.3) is 11.8 Å². The Labute approximate surface area is 194 Å². The Kier molecular flexibility index (Phi) is 6.85. The summed E-state index contributed by atoms with van der Waals surface area (Å²) in [5.74, 6) is -0.314. The largest absolute Gasteiger partial charge is 0.484 e. The zero-order valence-corrected chi connectivity index (χ0v) is 18.5. The molecular formula is C25H20FN3O3S. The third-order valence-electron chi connectivity index (χ3n) is 4.59. The topological polar surface area (TPSA) is 79.8 Å². The van der Waals surface area contributed by atoms with E-state index in [1.54, 1.807) is 30.3 Å². The van der Waals surface area contributed by atoms with E-state index in [4.69, 9.17) is 4.74 Å². The first-order valence-electron chi connectivity index (χ1n) is 10.1. The fourth-order valence-corrected chi connectivity index (χ4v) is 3.75. The van der Waals surface area contributed by atoms with Crippen LogP contribution >= 0.6 is 11.8 Å². The van der Waals surface area contributed by atoms with Gasteiger partial charge in [0.05, 0.1) is 10.6 Å². The van der Waals surface area contributed by atoms with Crippen LogP contribution in [0.1, 0.15) is 11.1 Å². The number of ether oxygens (including phenoxy) is 1. The molecule has 0 aliphatic carbocycles. The molecule has 1 saturated heterocycles. The zero-order valence-electron chi connectivity index (χ0n) is 17.7. The van der Waals surface area contributed by atoms with Crippen molar-refractivity contribution in [3.63, 3.8) is 0 Å². The smallest absolute Gasteiger partial charge is 0.264 e. The number of thioether (sulfide) groups is 1. The minimum atomic E-state index is -0.345. The van der Waals surface area contributed by atoms with E-state index < -0.39 is 0 Å². The van der Waals surface area contributed by atoms with E-state index in [0.29, 0.717) is 27.2 Å². The van der Waals surface area contributed by atoms with Crippen molar-refractivity contribution in [1.82, 2.24) is 5.32 Å². The SMILES string of the molecule is Cc1ccc(NC(=O)COc2ccc(/C=C3/SC(=Nc4ccc(F)cc4)NC3=O)cc2)cc1. The second-order valence-electron chi connectivity index (χ2n) is 7.23. The zero-order chi connectivity index (χ0) is 23.2. The van der Waals surface area contributed by atoms with Crippen molar-refractivity contribution < 1.29 is 18.7 Å². The van der Waals surface area contributed by atoms with Gasteiger partial charge in [0.1, 0.15) is 11.6 Å². The first-order chi connectivity index (χ1) is 15.9. The van der Waals surface area contributed by atoms with Crippen molar-refractivity contribution >= 4 is 46.2 Å². The molecule has 0 atom stereocenters. The lowest BCUT2D eigenvalue weighted by Gasteiger charge is -2.08. The molecule has 0 bridgehead atoms. The summed E-state index contributed by atoms with van der Waals surface area (Å²) in [6.45, 7) is 1.86. The van der Waals surface area contributed by atoms with Crippen LogP contribution in [0.2, 0.25) is 0 Å². The van der Waals surface area contributed by atoms with Crippen LogP contribution in [0.15, 0.2) is 82.7 Å². The molecule has 33 heavy (non-hydrogen) atoms. The van der Waals surface area contributed by atoms with Gasteiger partial charge in [-0.25, -0.2) is 9.38 Å². The Morgan fingerprint density at radius 2 is 1.76 bits per heavy atom. The van der Waals surface area contributed by atoms with E-state index in [0.717, 1.165) is 11.1 Å². The van der Waals surface area contributed by atoms with E-state index >= 15 is 0 Å². The number of hydrogen-bond donors (Lipinski definition) is 2. The number of carbonyl (C=O) groups is 2. The summed E-state index contributed by atoms with van der Waals surface area (Å²) in [6, 6.07) is 20.3. The van der Waals surface area contributed by atoms with Crippen LogP contribution in [0.5, 0.6) is 5.75 Å². The highest BCUT2D eigenvalue weighted by Gasteiger charge is 2.23. The molecule has 1 aliphatic heterocycles. The fourth-order valence-electron chi connectivity index (χ4n) is 2.91. The number of amides is 2. The van der Waals surface area contributed by atoms with Crippen LogP contribution in [-0.2, 0) is 9.59 Å². The first kappa shape index (κ1) is 22.3. The fraction of sp³-hybridized carbons (Fsp3) is 0.0800. The van der Waals surface area contributed by atoms with Gasteiger partial charge in [-0.1, -0.05) is 29.8 Å². The summed E-state index contributed by atoms with van der Waals surface area (Å²) >= 11 is 1.21. The molecule has 0 unspecified atom stereocenters. The lowest BCUT2D eigenvalue weighted by atomic mass is 10.2. The molecule has 0 aromatic heterocycles. The molecule has 0 spiro atoms. The van der Waals surface area contributed by atoms with Gasteiger partial charge >= 0.3 is 0 Å². The highest BCUT2D eigenvalue weighted by atomic mass is 32.2. The van der Waals surface area contributed by atoms with Gasteiger partial charge in [0.2, 0.25) is 0 Å². The number of amidine groups is 1. The molecule has 8 heteroatoms. The van der Waals surface area contributed by atoms with E-state index in [-0.39, 0.29) is 24.2 Å². The number of nitrogens with one attached hydrogen (secondary N) is 2. The van der Waals surface area contributed by atoms with Crippen LogP contribution < -0.4 is 15.4 Å². The van der Waals surface area contributed by atoms with E-state index in [1.165, 1.54) is 36.0 Å². The molecular weight excluding hydrogens is 441 g/mol. The van der Waals surface area contributed by atoms with Crippen molar-refractivity contribution in [3.05, 3.63) is 94.6 Å². The highest BCUT2D eigenvalue weighted by molar-refractivity contribution is 8.18. The van der Waals surface area contributed by atoms with Crippen molar-refractivity contribution in [2.45, 2.75) is 6.92 Å². The van der Waals surface area contributed by atoms with Gasteiger partial charge in [-0.3, -0.25) is 9.59 Å². The van der Waals surface area contributed by atoms with E-state index in [2.05, 4.69) is 15.6 Å². The Morgan fingerprint density at radius 1 is 1.06 bits per heavy atom. The number of halogens is 1. The maximum atomic E-state index is 13.0. The number of rotatable bonds is 6. The summed E-state index contributed by atoms with van der Waals surface area (Å²) in [5, 5.41) is 5.90. The average Bonchev–Trinajstić information content (AvgIpc) is 3.15. The molecule has 0 radical (unpaired) electrons. The number of benzene rings is 3. The predicted octanol–water partition coefficient (Wildman–Crippen LogP) is 5.04. The number of anilines is 1. The van der Waals surface area contributed by atoms with Crippen molar-refractivity contribution in [1.29, 1.82) is 0 Å². The van der Waals surface area contributed by atoms with E-state index in [9.17, 15) is 14.0 Å². The second-order valence-corrected chi connectivity index (χ2v) is 8.26.